The molecule has 48 valence electrons. The van der Waals surface area contributed by atoms with E-state index in [0.717, 1.165) is 0 Å². The first-order valence-electron chi connectivity index (χ1n) is 3.11. The minimum Gasteiger partial charge on any atom is -0.266 e. The van der Waals surface area contributed by atoms with Crippen LogP contribution in [0.25, 0.3) is 0 Å². The van der Waals surface area contributed by atoms with Gasteiger partial charge in [0.2, 0.25) is 0 Å². The summed E-state index contributed by atoms with van der Waals surface area (Å²) in [6, 6.07) is 0. The van der Waals surface area contributed by atoms with Crippen LogP contribution in [-0.2, 0) is 21.7 Å². The van der Waals surface area contributed by atoms with Crippen molar-refractivity contribution in [2.45, 2.75) is 20.3 Å². The van der Waals surface area contributed by atoms with E-state index in [2.05, 4.69) is 32.1 Å². The van der Waals surface area contributed by atoms with Crippen LogP contribution in [-0.4, -0.2) is 0 Å². The fourth-order valence-electron chi connectivity index (χ4n) is 0.887. The van der Waals surface area contributed by atoms with Crippen molar-refractivity contribution in [2.75, 3.05) is 0 Å². The Hall–Kier alpha value is 0.194. The van der Waals surface area contributed by atoms with Crippen molar-refractivity contribution in [1.29, 1.82) is 0 Å². The fourth-order valence-corrected chi connectivity index (χ4v) is 0.887. The number of allylic oxidation sites excluding steroid dienone is 4. The Morgan fingerprint density at radius 1 is 1.67 bits per heavy atom. The van der Waals surface area contributed by atoms with Crippen molar-refractivity contribution in [3.8, 4) is 0 Å². The zero-order chi connectivity index (χ0) is 5.98. The molecule has 0 aromatic rings. The van der Waals surface area contributed by atoms with Gasteiger partial charge in [0.1, 0.15) is 0 Å². The summed E-state index contributed by atoms with van der Waals surface area (Å²) >= 11 is 0. The molecule has 1 atom stereocenters. The average molecular weight is 155 g/mol. The summed E-state index contributed by atoms with van der Waals surface area (Å²) in [7, 11) is 0. The van der Waals surface area contributed by atoms with Crippen molar-refractivity contribution in [2.24, 2.45) is 5.92 Å². The molecule has 1 unspecified atom stereocenters. The van der Waals surface area contributed by atoms with Gasteiger partial charge in [0.15, 0.2) is 0 Å². The van der Waals surface area contributed by atoms with E-state index in [-0.39, 0.29) is 21.7 Å². The molecule has 0 aromatic carbocycles. The molecule has 1 rings (SSSR count). The molecule has 0 amide bonds. The van der Waals surface area contributed by atoms with E-state index in [1.54, 1.807) is 0 Å². The molecular weight excluding hydrogens is 144 g/mol. The quantitative estimate of drug-likeness (QED) is 0.402. The standard InChI is InChI=1S/C8H11.Ti/c1-3-8-5-4-7(2)6-8;/h4-5,8H,3H2,1-2H3;/q-1;. The molecule has 0 N–H and O–H groups in total. The molecule has 0 aliphatic heterocycles. The van der Waals surface area contributed by atoms with Crippen LogP contribution in [0.1, 0.15) is 20.3 Å². The van der Waals surface area contributed by atoms with E-state index < -0.39 is 0 Å². The second-order valence-corrected chi connectivity index (χ2v) is 2.20. The van der Waals surface area contributed by atoms with E-state index in [4.69, 9.17) is 0 Å². The Labute approximate surface area is 71.9 Å². The zero-order valence-corrected chi connectivity index (χ0v) is 7.50. The summed E-state index contributed by atoms with van der Waals surface area (Å²) in [6.07, 6.45) is 8.83. The van der Waals surface area contributed by atoms with Crippen LogP contribution in [0.3, 0.4) is 0 Å². The summed E-state index contributed by atoms with van der Waals surface area (Å²) in [5.41, 5.74) is 1.29. The topological polar surface area (TPSA) is 0 Å². The van der Waals surface area contributed by atoms with Crippen LogP contribution in [0.4, 0.5) is 0 Å². The minimum absolute atomic E-state index is 0. The number of hydrogen-bond acceptors (Lipinski definition) is 0. The van der Waals surface area contributed by atoms with Gasteiger partial charge in [-0.15, -0.1) is 0 Å². The Kier molecular flexibility index (Phi) is 4.17. The van der Waals surface area contributed by atoms with Gasteiger partial charge in [0.25, 0.3) is 0 Å². The molecule has 0 saturated carbocycles. The van der Waals surface area contributed by atoms with Crippen LogP contribution in [0.5, 0.6) is 0 Å². The molecule has 0 nitrogen and oxygen atoms in total. The van der Waals surface area contributed by atoms with Crippen molar-refractivity contribution in [1.82, 2.24) is 0 Å². The molecule has 0 saturated heterocycles. The van der Waals surface area contributed by atoms with E-state index in [0.29, 0.717) is 5.92 Å². The third-order valence-electron chi connectivity index (χ3n) is 1.43. The molecule has 0 radical (unpaired) electrons. The molecule has 0 spiro atoms. The maximum Gasteiger partial charge on any atom is 0 e. The van der Waals surface area contributed by atoms with Gasteiger partial charge in [-0.1, -0.05) is 26.2 Å². The summed E-state index contributed by atoms with van der Waals surface area (Å²) in [5, 5.41) is 0. The number of hydrogen-bond donors (Lipinski definition) is 0. The Bertz CT molecular complexity index is 134. The molecule has 0 bridgehead atoms. The second kappa shape index (κ2) is 4.08. The van der Waals surface area contributed by atoms with Crippen LogP contribution in [0.15, 0.2) is 17.7 Å². The van der Waals surface area contributed by atoms with E-state index in [9.17, 15) is 0 Å². The molecule has 0 aromatic heterocycles. The summed E-state index contributed by atoms with van der Waals surface area (Å²) in [5.74, 6) is 0.606. The van der Waals surface area contributed by atoms with Crippen LogP contribution in [0.2, 0.25) is 0 Å². The number of rotatable bonds is 1. The first-order chi connectivity index (χ1) is 3.83. The smallest absolute Gasteiger partial charge is 0 e. The Morgan fingerprint density at radius 2 is 2.33 bits per heavy atom. The van der Waals surface area contributed by atoms with E-state index in [1.807, 2.05) is 0 Å². The van der Waals surface area contributed by atoms with Crippen LogP contribution >= 0.6 is 0 Å². The maximum absolute atomic E-state index is 3.31. The molecule has 0 fully saturated rings. The molecule has 1 aliphatic carbocycles. The monoisotopic (exact) mass is 155 g/mol. The second-order valence-electron chi connectivity index (χ2n) is 2.20. The predicted octanol–water partition coefficient (Wildman–Crippen LogP) is 2.33. The summed E-state index contributed by atoms with van der Waals surface area (Å²) in [4.78, 5) is 0. The van der Waals surface area contributed by atoms with Crippen molar-refractivity contribution in [3.63, 3.8) is 0 Å². The molecule has 1 aliphatic rings. The molecule has 1 heteroatoms. The van der Waals surface area contributed by atoms with Gasteiger partial charge < -0.3 is 0 Å². The molecule has 9 heavy (non-hydrogen) atoms. The van der Waals surface area contributed by atoms with Gasteiger partial charge in [0.05, 0.1) is 0 Å². The van der Waals surface area contributed by atoms with Crippen LogP contribution < -0.4 is 0 Å². The Balaban J connectivity index is 0.000000640. The first-order valence-corrected chi connectivity index (χ1v) is 3.11. The van der Waals surface area contributed by atoms with E-state index in [1.165, 1.54) is 12.0 Å². The van der Waals surface area contributed by atoms with Gasteiger partial charge in [-0.2, -0.15) is 6.08 Å². The largest absolute Gasteiger partial charge is 0.266 e. The average Bonchev–Trinajstić information content (AvgIpc) is 2.14. The summed E-state index contributed by atoms with van der Waals surface area (Å²) < 4.78 is 0. The third kappa shape index (κ3) is 2.51. The van der Waals surface area contributed by atoms with Gasteiger partial charge >= 0.3 is 0 Å². The maximum atomic E-state index is 3.31. The van der Waals surface area contributed by atoms with Crippen molar-refractivity contribution in [3.05, 3.63) is 23.8 Å². The van der Waals surface area contributed by atoms with Crippen molar-refractivity contribution < 1.29 is 21.7 Å². The normalized spacial score (nSPS) is 23.3. The third-order valence-corrected chi connectivity index (χ3v) is 1.43. The SMILES string of the molecule is CCC1[C-]=C(C)C=C1.[Ti]. The molecule has 0 heterocycles. The van der Waals surface area contributed by atoms with Crippen molar-refractivity contribution >= 4 is 0 Å². The Morgan fingerprint density at radius 3 is 2.56 bits per heavy atom. The minimum atomic E-state index is 0. The molecular formula is C8H11Ti-. The zero-order valence-electron chi connectivity index (χ0n) is 5.94. The van der Waals surface area contributed by atoms with E-state index >= 15 is 0 Å². The van der Waals surface area contributed by atoms with Gasteiger partial charge in [-0.05, 0) is 0 Å². The van der Waals surface area contributed by atoms with Gasteiger partial charge in [-0.3, -0.25) is 6.08 Å². The van der Waals surface area contributed by atoms with Crippen LogP contribution in [0, 0.1) is 12.0 Å². The van der Waals surface area contributed by atoms with Gasteiger partial charge in [0, 0.05) is 21.7 Å². The fraction of sp³-hybridized carbons (Fsp3) is 0.500. The first kappa shape index (κ1) is 9.19. The predicted molar refractivity (Wildman–Crippen MR) is 35.4 cm³/mol. The van der Waals surface area contributed by atoms with Gasteiger partial charge in [-0.25, -0.2) is 11.6 Å². The summed E-state index contributed by atoms with van der Waals surface area (Å²) in [6.45, 7) is 4.27.